The Bertz CT molecular complexity index is 503. The van der Waals surface area contributed by atoms with Crippen LogP contribution >= 0.6 is 11.6 Å². The highest BCUT2D eigenvalue weighted by Crippen LogP contribution is 2.22. The summed E-state index contributed by atoms with van der Waals surface area (Å²) in [6, 6.07) is 9.74. The van der Waals surface area contributed by atoms with Crippen molar-refractivity contribution < 1.29 is 0 Å². The van der Waals surface area contributed by atoms with Crippen LogP contribution in [-0.4, -0.2) is 4.98 Å². The maximum atomic E-state index is 6.04. The molecule has 0 aliphatic carbocycles. The van der Waals surface area contributed by atoms with Crippen LogP contribution in [0, 0.1) is 0 Å². The Morgan fingerprint density at radius 2 is 2.07 bits per heavy atom. The molecule has 1 nitrogen and oxygen atoms in total. The van der Waals surface area contributed by atoms with E-state index in [1.54, 1.807) is 0 Å². The Morgan fingerprint density at radius 3 is 2.79 bits per heavy atom. The predicted octanol–water partition coefficient (Wildman–Crippen LogP) is 3.92. The SMILES string of the molecule is C=C(C)c1ccc2cccc(Cl)c2n1. The monoisotopic (exact) mass is 203 g/mol. The van der Waals surface area contributed by atoms with Gasteiger partial charge in [0.15, 0.2) is 0 Å². The van der Waals surface area contributed by atoms with E-state index in [0.717, 1.165) is 22.2 Å². The Balaban J connectivity index is 2.76. The topological polar surface area (TPSA) is 12.9 Å². The molecule has 0 saturated carbocycles. The first-order valence-corrected chi connectivity index (χ1v) is 4.77. The van der Waals surface area contributed by atoms with E-state index in [9.17, 15) is 0 Å². The molecule has 1 aromatic heterocycles. The fourth-order valence-corrected chi connectivity index (χ4v) is 1.57. The lowest BCUT2D eigenvalue weighted by Crippen LogP contribution is -1.86. The van der Waals surface area contributed by atoms with Crippen molar-refractivity contribution in [1.29, 1.82) is 0 Å². The van der Waals surface area contributed by atoms with Crippen molar-refractivity contribution >= 4 is 28.1 Å². The number of hydrogen-bond donors (Lipinski definition) is 0. The zero-order chi connectivity index (χ0) is 10.1. The second kappa shape index (κ2) is 3.43. The van der Waals surface area contributed by atoms with E-state index in [2.05, 4.69) is 11.6 Å². The molecule has 0 bridgehead atoms. The van der Waals surface area contributed by atoms with E-state index in [1.165, 1.54) is 0 Å². The van der Waals surface area contributed by atoms with Crippen LogP contribution in [0.15, 0.2) is 36.9 Å². The van der Waals surface area contributed by atoms with Crippen LogP contribution in [0.5, 0.6) is 0 Å². The van der Waals surface area contributed by atoms with Crippen molar-refractivity contribution in [2.24, 2.45) is 0 Å². The summed E-state index contributed by atoms with van der Waals surface area (Å²) >= 11 is 6.04. The summed E-state index contributed by atoms with van der Waals surface area (Å²) in [7, 11) is 0. The fourth-order valence-electron chi connectivity index (χ4n) is 1.35. The smallest absolute Gasteiger partial charge is 0.0895 e. The molecule has 0 unspecified atom stereocenters. The summed E-state index contributed by atoms with van der Waals surface area (Å²) in [5.41, 5.74) is 2.69. The molecule has 0 atom stereocenters. The molecule has 1 heterocycles. The second-order valence-electron chi connectivity index (χ2n) is 3.29. The molecule has 0 aliphatic heterocycles. The quantitative estimate of drug-likeness (QED) is 0.685. The van der Waals surface area contributed by atoms with Crippen LogP contribution < -0.4 is 0 Å². The van der Waals surface area contributed by atoms with Crippen molar-refractivity contribution in [2.75, 3.05) is 0 Å². The molecule has 0 N–H and O–H groups in total. The number of rotatable bonds is 1. The van der Waals surface area contributed by atoms with Gasteiger partial charge in [-0.15, -0.1) is 0 Å². The van der Waals surface area contributed by atoms with Gasteiger partial charge in [0.2, 0.25) is 0 Å². The van der Waals surface area contributed by atoms with Gasteiger partial charge in [0.05, 0.1) is 16.2 Å². The van der Waals surface area contributed by atoms with Crippen LogP contribution in [-0.2, 0) is 0 Å². The van der Waals surface area contributed by atoms with Crippen molar-refractivity contribution in [1.82, 2.24) is 4.98 Å². The minimum absolute atomic E-state index is 0.686. The number of aromatic nitrogens is 1. The molecule has 0 aliphatic rings. The second-order valence-corrected chi connectivity index (χ2v) is 3.70. The van der Waals surface area contributed by atoms with Crippen LogP contribution in [0.25, 0.3) is 16.5 Å². The number of allylic oxidation sites excluding steroid dienone is 1. The summed E-state index contributed by atoms with van der Waals surface area (Å²) in [6.07, 6.45) is 0. The lowest BCUT2D eigenvalue weighted by molar-refractivity contribution is 1.34. The average molecular weight is 204 g/mol. The van der Waals surface area contributed by atoms with E-state index in [0.29, 0.717) is 5.02 Å². The molecule has 2 heteroatoms. The van der Waals surface area contributed by atoms with Crippen molar-refractivity contribution in [3.8, 4) is 0 Å². The minimum Gasteiger partial charge on any atom is -0.247 e. The van der Waals surface area contributed by atoms with Crippen LogP contribution in [0.2, 0.25) is 5.02 Å². The first-order chi connectivity index (χ1) is 6.68. The van der Waals surface area contributed by atoms with Crippen molar-refractivity contribution in [3.05, 3.63) is 47.6 Å². The summed E-state index contributed by atoms with van der Waals surface area (Å²) in [5, 5.41) is 1.74. The number of halogens is 1. The molecule has 0 saturated heterocycles. The van der Waals surface area contributed by atoms with Crippen molar-refractivity contribution in [3.63, 3.8) is 0 Å². The highest BCUT2D eigenvalue weighted by atomic mass is 35.5. The Labute approximate surface area is 88.0 Å². The van der Waals surface area contributed by atoms with Gasteiger partial charge in [-0.1, -0.05) is 36.4 Å². The van der Waals surface area contributed by atoms with E-state index in [-0.39, 0.29) is 0 Å². The molecule has 2 aromatic rings. The van der Waals surface area contributed by atoms with Gasteiger partial charge in [0.1, 0.15) is 0 Å². The third kappa shape index (κ3) is 1.51. The Hall–Kier alpha value is -1.34. The van der Waals surface area contributed by atoms with Gasteiger partial charge in [-0.05, 0) is 24.6 Å². The van der Waals surface area contributed by atoms with E-state index < -0.39 is 0 Å². The molecule has 14 heavy (non-hydrogen) atoms. The summed E-state index contributed by atoms with van der Waals surface area (Å²) in [5.74, 6) is 0. The third-order valence-electron chi connectivity index (χ3n) is 2.11. The minimum atomic E-state index is 0.686. The first-order valence-electron chi connectivity index (χ1n) is 4.39. The molecule has 2 rings (SSSR count). The highest BCUT2D eigenvalue weighted by molar-refractivity contribution is 6.35. The van der Waals surface area contributed by atoms with Gasteiger partial charge in [-0.2, -0.15) is 0 Å². The molecular weight excluding hydrogens is 194 g/mol. The summed E-state index contributed by atoms with van der Waals surface area (Å²) in [6.45, 7) is 5.79. The maximum Gasteiger partial charge on any atom is 0.0895 e. The van der Waals surface area contributed by atoms with Gasteiger partial charge in [0, 0.05) is 5.39 Å². The lowest BCUT2D eigenvalue weighted by Gasteiger charge is -2.03. The number of hydrogen-bond acceptors (Lipinski definition) is 1. The normalized spacial score (nSPS) is 10.4. The predicted molar refractivity (Wildman–Crippen MR) is 61.5 cm³/mol. The maximum absolute atomic E-state index is 6.04. The molecular formula is C12H10ClN. The third-order valence-corrected chi connectivity index (χ3v) is 2.41. The summed E-state index contributed by atoms with van der Waals surface area (Å²) in [4.78, 5) is 4.44. The number of fused-ring (bicyclic) bond motifs is 1. The number of benzene rings is 1. The number of pyridine rings is 1. The van der Waals surface area contributed by atoms with Gasteiger partial charge >= 0.3 is 0 Å². The molecule has 0 fully saturated rings. The molecule has 0 spiro atoms. The van der Waals surface area contributed by atoms with E-state index >= 15 is 0 Å². The largest absolute Gasteiger partial charge is 0.247 e. The zero-order valence-corrected chi connectivity index (χ0v) is 8.67. The first kappa shape index (κ1) is 9.22. The molecule has 0 amide bonds. The Morgan fingerprint density at radius 1 is 1.29 bits per heavy atom. The standard InChI is InChI=1S/C12H10ClN/c1-8(2)11-7-6-9-4-3-5-10(13)12(9)14-11/h3-7H,1H2,2H3. The average Bonchev–Trinajstić information content (AvgIpc) is 2.18. The fraction of sp³-hybridized carbons (Fsp3) is 0.0833. The van der Waals surface area contributed by atoms with Gasteiger partial charge in [0.25, 0.3) is 0 Å². The van der Waals surface area contributed by atoms with Crippen molar-refractivity contribution in [2.45, 2.75) is 6.92 Å². The van der Waals surface area contributed by atoms with Gasteiger partial charge < -0.3 is 0 Å². The van der Waals surface area contributed by atoms with Gasteiger partial charge in [-0.25, -0.2) is 4.98 Å². The van der Waals surface area contributed by atoms with Gasteiger partial charge in [-0.3, -0.25) is 0 Å². The van der Waals surface area contributed by atoms with Crippen LogP contribution in [0.4, 0.5) is 0 Å². The van der Waals surface area contributed by atoms with E-state index in [4.69, 9.17) is 11.6 Å². The van der Waals surface area contributed by atoms with E-state index in [1.807, 2.05) is 37.3 Å². The van der Waals surface area contributed by atoms with Crippen LogP contribution in [0.1, 0.15) is 12.6 Å². The zero-order valence-electron chi connectivity index (χ0n) is 7.92. The molecule has 1 aromatic carbocycles. The molecule has 0 radical (unpaired) electrons. The Kier molecular flexibility index (Phi) is 2.26. The number of para-hydroxylation sites is 1. The highest BCUT2D eigenvalue weighted by Gasteiger charge is 2.01. The van der Waals surface area contributed by atoms with Crippen LogP contribution in [0.3, 0.4) is 0 Å². The number of nitrogens with zero attached hydrogens (tertiary/aromatic N) is 1. The lowest BCUT2D eigenvalue weighted by atomic mass is 10.1. The molecule has 70 valence electrons. The summed E-state index contributed by atoms with van der Waals surface area (Å²) < 4.78 is 0.